The minimum atomic E-state index is 0.00204. The second kappa shape index (κ2) is 6.23. The molecule has 1 aliphatic rings. The van der Waals surface area contributed by atoms with Crippen molar-refractivity contribution in [3.05, 3.63) is 10.6 Å². The molecule has 5 nitrogen and oxygen atoms in total. The fourth-order valence-electron chi connectivity index (χ4n) is 2.55. The van der Waals surface area contributed by atoms with E-state index in [1.807, 2.05) is 4.90 Å². The van der Waals surface area contributed by atoms with Crippen molar-refractivity contribution >= 4 is 23.2 Å². The van der Waals surface area contributed by atoms with Crippen molar-refractivity contribution in [1.29, 1.82) is 0 Å². The number of rotatable bonds is 5. The van der Waals surface area contributed by atoms with Crippen LogP contribution in [-0.4, -0.2) is 38.8 Å². The summed E-state index contributed by atoms with van der Waals surface area (Å²) in [5.41, 5.74) is 0.797. The van der Waals surface area contributed by atoms with E-state index in [0.29, 0.717) is 11.3 Å². The van der Waals surface area contributed by atoms with Gasteiger partial charge in [-0.05, 0) is 37.7 Å². The molecule has 0 aromatic carbocycles. The first-order chi connectivity index (χ1) is 9.13. The second-order valence-corrected chi connectivity index (χ2v) is 5.75. The third kappa shape index (κ3) is 3.18. The van der Waals surface area contributed by atoms with Gasteiger partial charge in [0, 0.05) is 19.0 Å². The molecule has 0 saturated carbocycles. The number of likely N-dealkylation sites (tertiary alicyclic amines) is 1. The van der Waals surface area contributed by atoms with E-state index in [0.717, 1.165) is 37.9 Å². The van der Waals surface area contributed by atoms with Gasteiger partial charge in [0.1, 0.15) is 10.7 Å². The van der Waals surface area contributed by atoms with Crippen LogP contribution in [0.1, 0.15) is 54.9 Å². The Kier molecular flexibility index (Phi) is 4.63. The maximum Gasteiger partial charge on any atom is 0.267 e. The summed E-state index contributed by atoms with van der Waals surface area (Å²) in [5.74, 6) is 0.142. The molecule has 6 heteroatoms. The summed E-state index contributed by atoms with van der Waals surface area (Å²) in [7, 11) is 0. The molecular formula is C13H19N3O2S. The predicted molar refractivity (Wildman–Crippen MR) is 73.3 cm³/mol. The molecule has 104 valence electrons. The number of hydrogen-bond donors (Lipinski definition) is 0. The average molecular weight is 281 g/mol. The zero-order chi connectivity index (χ0) is 13.8. The third-order valence-corrected chi connectivity index (χ3v) is 4.15. The SMILES string of the molecule is CCCc1nnsc1C(=O)N1CCCC1CC(C)=O. The van der Waals surface area contributed by atoms with Crippen molar-refractivity contribution in [1.82, 2.24) is 14.5 Å². The Balaban J connectivity index is 2.13. The van der Waals surface area contributed by atoms with E-state index < -0.39 is 0 Å². The normalized spacial score (nSPS) is 18.8. The van der Waals surface area contributed by atoms with Crippen molar-refractivity contribution in [3.8, 4) is 0 Å². The summed E-state index contributed by atoms with van der Waals surface area (Å²) >= 11 is 1.17. The summed E-state index contributed by atoms with van der Waals surface area (Å²) in [5, 5.41) is 4.04. The maximum absolute atomic E-state index is 12.5. The van der Waals surface area contributed by atoms with Crippen LogP contribution >= 0.6 is 11.5 Å². The Bertz CT molecular complexity index is 472. The van der Waals surface area contributed by atoms with E-state index in [-0.39, 0.29) is 17.7 Å². The van der Waals surface area contributed by atoms with Crippen LogP contribution in [0.5, 0.6) is 0 Å². The largest absolute Gasteiger partial charge is 0.334 e. The molecule has 1 unspecified atom stereocenters. The van der Waals surface area contributed by atoms with E-state index in [2.05, 4.69) is 16.5 Å². The van der Waals surface area contributed by atoms with Crippen molar-refractivity contribution in [3.63, 3.8) is 0 Å². The fraction of sp³-hybridized carbons (Fsp3) is 0.692. The van der Waals surface area contributed by atoms with E-state index in [4.69, 9.17) is 0 Å². The molecule has 1 aliphatic heterocycles. The minimum absolute atomic E-state index is 0.00204. The average Bonchev–Trinajstić information content (AvgIpc) is 2.97. The van der Waals surface area contributed by atoms with Crippen LogP contribution in [0.4, 0.5) is 0 Å². The molecule has 1 saturated heterocycles. The smallest absolute Gasteiger partial charge is 0.267 e. The van der Waals surface area contributed by atoms with Crippen LogP contribution in [0, 0.1) is 0 Å². The quantitative estimate of drug-likeness (QED) is 0.829. The molecule has 19 heavy (non-hydrogen) atoms. The lowest BCUT2D eigenvalue weighted by atomic mass is 10.1. The van der Waals surface area contributed by atoms with E-state index in [9.17, 15) is 9.59 Å². The molecule has 1 aromatic heterocycles. The molecule has 1 fully saturated rings. The number of Topliss-reactive ketones (excluding diaryl/α,β-unsaturated/α-hetero) is 1. The maximum atomic E-state index is 12.5. The third-order valence-electron chi connectivity index (χ3n) is 3.40. The predicted octanol–water partition coefficient (Wildman–Crippen LogP) is 2.07. The molecule has 1 amide bonds. The number of hydrogen-bond acceptors (Lipinski definition) is 5. The highest BCUT2D eigenvalue weighted by molar-refractivity contribution is 7.08. The molecule has 0 bridgehead atoms. The van der Waals surface area contributed by atoms with Gasteiger partial charge in [0.15, 0.2) is 0 Å². The van der Waals surface area contributed by atoms with Crippen LogP contribution in [0.15, 0.2) is 0 Å². The van der Waals surface area contributed by atoms with Crippen LogP contribution < -0.4 is 0 Å². The van der Waals surface area contributed by atoms with Gasteiger partial charge in [-0.1, -0.05) is 17.8 Å². The number of nitrogens with zero attached hydrogens (tertiary/aromatic N) is 3. The Morgan fingerprint density at radius 1 is 1.47 bits per heavy atom. The van der Waals surface area contributed by atoms with Gasteiger partial charge in [-0.3, -0.25) is 9.59 Å². The van der Waals surface area contributed by atoms with Crippen molar-refractivity contribution in [2.45, 2.75) is 52.0 Å². The first-order valence-corrected chi connectivity index (χ1v) is 7.52. The lowest BCUT2D eigenvalue weighted by Gasteiger charge is -2.23. The fourth-order valence-corrected chi connectivity index (χ4v) is 3.21. The molecule has 0 radical (unpaired) electrons. The summed E-state index contributed by atoms with van der Waals surface area (Å²) < 4.78 is 3.90. The van der Waals surface area contributed by atoms with Gasteiger partial charge in [-0.25, -0.2) is 0 Å². The van der Waals surface area contributed by atoms with E-state index >= 15 is 0 Å². The Morgan fingerprint density at radius 3 is 2.95 bits per heavy atom. The van der Waals surface area contributed by atoms with Crippen molar-refractivity contribution in [2.24, 2.45) is 0 Å². The zero-order valence-corrected chi connectivity index (χ0v) is 12.2. The minimum Gasteiger partial charge on any atom is -0.334 e. The van der Waals surface area contributed by atoms with Gasteiger partial charge in [-0.15, -0.1) is 5.10 Å². The van der Waals surface area contributed by atoms with Gasteiger partial charge >= 0.3 is 0 Å². The van der Waals surface area contributed by atoms with E-state index in [1.165, 1.54) is 11.5 Å². The molecular weight excluding hydrogens is 262 g/mol. The number of ketones is 1. The molecule has 0 spiro atoms. The Labute approximate surface area is 117 Å². The number of amides is 1. The molecule has 0 aliphatic carbocycles. The highest BCUT2D eigenvalue weighted by Gasteiger charge is 2.32. The number of carbonyl (C=O) groups excluding carboxylic acids is 2. The number of aryl methyl sites for hydroxylation is 1. The highest BCUT2D eigenvalue weighted by atomic mass is 32.1. The molecule has 2 heterocycles. The molecule has 1 aromatic rings. The summed E-state index contributed by atoms with van der Waals surface area (Å²) in [6.07, 6.45) is 4.08. The molecule has 1 atom stereocenters. The van der Waals surface area contributed by atoms with Crippen LogP contribution in [0.3, 0.4) is 0 Å². The van der Waals surface area contributed by atoms with Crippen molar-refractivity contribution in [2.75, 3.05) is 6.54 Å². The Hall–Kier alpha value is -1.30. The number of aromatic nitrogens is 2. The number of carbonyl (C=O) groups is 2. The van der Waals surface area contributed by atoms with Gasteiger partial charge in [-0.2, -0.15) is 0 Å². The van der Waals surface area contributed by atoms with Gasteiger partial charge in [0.05, 0.1) is 5.69 Å². The summed E-state index contributed by atoms with van der Waals surface area (Å²) in [4.78, 5) is 26.3. The van der Waals surface area contributed by atoms with Crippen LogP contribution in [-0.2, 0) is 11.2 Å². The summed E-state index contributed by atoms with van der Waals surface area (Å²) in [6.45, 7) is 4.37. The standard InChI is InChI=1S/C13H19N3O2S/c1-3-5-11-12(19-15-14-11)13(18)16-7-4-6-10(16)8-9(2)17/h10H,3-8H2,1-2H3. The van der Waals surface area contributed by atoms with Crippen molar-refractivity contribution < 1.29 is 9.59 Å². The summed E-state index contributed by atoms with van der Waals surface area (Å²) in [6, 6.07) is 0.0570. The lowest BCUT2D eigenvalue weighted by Crippen LogP contribution is -2.36. The monoisotopic (exact) mass is 281 g/mol. The van der Waals surface area contributed by atoms with Gasteiger partial charge in [0.2, 0.25) is 0 Å². The van der Waals surface area contributed by atoms with Gasteiger partial charge in [0.25, 0.3) is 5.91 Å². The molecule has 0 N–H and O–H groups in total. The topological polar surface area (TPSA) is 63.2 Å². The highest BCUT2D eigenvalue weighted by Crippen LogP contribution is 2.25. The van der Waals surface area contributed by atoms with Crippen LogP contribution in [0.25, 0.3) is 0 Å². The molecule has 2 rings (SSSR count). The lowest BCUT2D eigenvalue weighted by molar-refractivity contribution is -0.117. The van der Waals surface area contributed by atoms with Gasteiger partial charge < -0.3 is 4.90 Å². The first kappa shape index (κ1) is 14.1. The Morgan fingerprint density at radius 2 is 2.26 bits per heavy atom. The first-order valence-electron chi connectivity index (χ1n) is 6.75. The van der Waals surface area contributed by atoms with E-state index in [1.54, 1.807) is 6.92 Å². The van der Waals surface area contributed by atoms with Crippen LogP contribution in [0.2, 0.25) is 0 Å². The second-order valence-electron chi connectivity index (χ2n) is 5.00. The zero-order valence-electron chi connectivity index (χ0n) is 11.4.